The van der Waals surface area contributed by atoms with Crippen LogP contribution in [0.3, 0.4) is 0 Å². The summed E-state index contributed by atoms with van der Waals surface area (Å²) in [7, 11) is -3.18. The molecule has 2 aliphatic rings. The molecule has 7 heteroatoms. The number of carbonyl (C=O) groups excluding carboxylic acids is 1. The van der Waals surface area contributed by atoms with E-state index in [1.807, 2.05) is 23.1 Å². The molecule has 0 radical (unpaired) electrons. The first-order valence-corrected chi connectivity index (χ1v) is 10.5. The Hall–Kier alpha value is -1.60. The Labute approximate surface area is 143 Å². The first-order valence-electron chi connectivity index (χ1n) is 8.56. The smallest absolute Gasteiger partial charge is 0.254 e. The zero-order valence-corrected chi connectivity index (χ0v) is 14.9. The van der Waals surface area contributed by atoms with Gasteiger partial charge in [0.2, 0.25) is 10.0 Å². The number of hydrogen-bond acceptors (Lipinski definition) is 4. The number of nitrogens with zero attached hydrogens (tertiary/aromatic N) is 1. The minimum absolute atomic E-state index is 0.0637. The maximum atomic E-state index is 12.9. The van der Waals surface area contributed by atoms with Crippen LogP contribution >= 0.6 is 0 Å². The first kappa shape index (κ1) is 17.2. The van der Waals surface area contributed by atoms with Crippen LogP contribution in [0.1, 0.15) is 41.6 Å². The number of likely N-dealkylation sites (tertiary alicyclic amines) is 1. The average Bonchev–Trinajstić information content (AvgIpc) is 3.01. The van der Waals surface area contributed by atoms with Crippen molar-refractivity contribution in [3.05, 3.63) is 29.3 Å². The normalized spacial score (nSPS) is 20.5. The van der Waals surface area contributed by atoms with Crippen LogP contribution in [0.5, 0.6) is 0 Å². The van der Waals surface area contributed by atoms with Crippen LogP contribution < -0.4 is 10.0 Å². The van der Waals surface area contributed by atoms with Crippen LogP contribution in [0, 0.1) is 0 Å². The molecule has 0 aliphatic carbocycles. The minimum atomic E-state index is -3.18. The van der Waals surface area contributed by atoms with Crippen molar-refractivity contribution in [3.8, 4) is 0 Å². The third kappa shape index (κ3) is 4.08. The maximum Gasteiger partial charge on any atom is 0.254 e. The highest BCUT2D eigenvalue weighted by molar-refractivity contribution is 7.88. The summed E-state index contributed by atoms with van der Waals surface area (Å²) in [6.07, 6.45) is 5.80. The highest BCUT2D eigenvalue weighted by Gasteiger charge is 2.28. The van der Waals surface area contributed by atoms with E-state index in [4.69, 9.17) is 0 Å². The largest absolute Gasteiger partial charge is 0.384 e. The SMILES string of the molecule is CS(=O)(=O)NCCC1CCCCN1C(=O)c1ccc2c(c1)CCN2. The van der Waals surface area contributed by atoms with Crippen molar-refractivity contribution in [2.24, 2.45) is 0 Å². The monoisotopic (exact) mass is 351 g/mol. The van der Waals surface area contributed by atoms with Gasteiger partial charge in [0, 0.05) is 36.9 Å². The third-order valence-electron chi connectivity index (χ3n) is 4.79. The molecule has 2 heterocycles. The van der Waals surface area contributed by atoms with Crippen LogP contribution in [0.15, 0.2) is 18.2 Å². The van der Waals surface area contributed by atoms with Crippen LogP contribution in [0.2, 0.25) is 0 Å². The van der Waals surface area contributed by atoms with Crippen molar-refractivity contribution < 1.29 is 13.2 Å². The predicted molar refractivity (Wildman–Crippen MR) is 94.8 cm³/mol. The summed E-state index contributed by atoms with van der Waals surface area (Å²) in [6, 6.07) is 5.98. The van der Waals surface area contributed by atoms with Crippen LogP contribution in [-0.4, -0.2) is 51.2 Å². The molecule has 1 unspecified atom stereocenters. The molecule has 6 nitrogen and oxygen atoms in total. The molecule has 1 amide bonds. The molecule has 0 bridgehead atoms. The molecule has 1 aromatic carbocycles. The molecule has 1 fully saturated rings. The van der Waals surface area contributed by atoms with Gasteiger partial charge in [-0.3, -0.25) is 4.79 Å². The second kappa shape index (κ2) is 7.11. The first-order chi connectivity index (χ1) is 11.4. The quantitative estimate of drug-likeness (QED) is 0.844. The van der Waals surface area contributed by atoms with Gasteiger partial charge in [-0.2, -0.15) is 0 Å². The highest BCUT2D eigenvalue weighted by Crippen LogP contribution is 2.26. The van der Waals surface area contributed by atoms with Gasteiger partial charge in [0.05, 0.1) is 6.26 Å². The summed E-state index contributed by atoms with van der Waals surface area (Å²) in [5, 5.41) is 3.31. The van der Waals surface area contributed by atoms with Crippen LogP contribution in [0.4, 0.5) is 5.69 Å². The fourth-order valence-corrected chi connectivity index (χ4v) is 4.07. The van der Waals surface area contributed by atoms with Crippen molar-refractivity contribution in [1.29, 1.82) is 0 Å². The summed E-state index contributed by atoms with van der Waals surface area (Å²) in [5.74, 6) is 0.0637. The van der Waals surface area contributed by atoms with Crippen molar-refractivity contribution in [2.45, 2.75) is 38.1 Å². The van der Waals surface area contributed by atoms with Gasteiger partial charge in [0.25, 0.3) is 5.91 Å². The summed E-state index contributed by atoms with van der Waals surface area (Å²) >= 11 is 0. The second-order valence-electron chi connectivity index (χ2n) is 6.65. The van der Waals surface area contributed by atoms with E-state index in [0.717, 1.165) is 56.3 Å². The fraction of sp³-hybridized carbons (Fsp3) is 0.588. The topological polar surface area (TPSA) is 78.5 Å². The van der Waals surface area contributed by atoms with E-state index >= 15 is 0 Å². The Balaban J connectivity index is 1.69. The van der Waals surface area contributed by atoms with Crippen LogP contribution in [-0.2, 0) is 16.4 Å². The van der Waals surface area contributed by atoms with Crippen molar-refractivity contribution >= 4 is 21.6 Å². The number of rotatable bonds is 5. The van der Waals surface area contributed by atoms with Gasteiger partial charge in [0.1, 0.15) is 0 Å². The Morgan fingerprint density at radius 3 is 3.00 bits per heavy atom. The Kier molecular flexibility index (Phi) is 5.10. The second-order valence-corrected chi connectivity index (χ2v) is 8.49. The van der Waals surface area contributed by atoms with Gasteiger partial charge in [-0.15, -0.1) is 0 Å². The minimum Gasteiger partial charge on any atom is -0.384 e. The standard InChI is InChI=1S/C17H25N3O3S/c1-24(22,23)19-10-8-15-4-2-3-11-20(15)17(21)14-5-6-16-13(12-14)7-9-18-16/h5-6,12,15,18-19H,2-4,7-11H2,1H3. The zero-order chi connectivity index (χ0) is 17.2. The number of sulfonamides is 1. The number of piperidine rings is 1. The summed E-state index contributed by atoms with van der Waals surface area (Å²) in [5.41, 5.74) is 3.06. The number of anilines is 1. The molecular weight excluding hydrogens is 326 g/mol. The Morgan fingerprint density at radius 1 is 1.38 bits per heavy atom. The molecule has 2 N–H and O–H groups in total. The van der Waals surface area contributed by atoms with E-state index in [9.17, 15) is 13.2 Å². The number of carbonyl (C=O) groups is 1. The molecular formula is C17H25N3O3S. The highest BCUT2D eigenvalue weighted by atomic mass is 32.2. The number of hydrogen-bond donors (Lipinski definition) is 2. The van der Waals surface area contributed by atoms with E-state index in [2.05, 4.69) is 10.0 Å². The van der Waals surface area contributed by atoms with E-state index < -0.39 is 10.0 Å². The van der Waals surface area contributed by atoms with E-state index in [0.29, 0.717) is 13.0 Å². The summed E-state index contributed by atoms with van der Waals surface area (Å²) < 4.78 is 25.0. The Morgan fingerprint density at radius 2 is 2.21 bits per heavy atom. The molecule has 1 saturated heterocycles. The van der Waals surface area contributed by atoms with Gasteiger partial charge < -0.3 is 10.2 Å². The van der Waals surface area contributed by atoms with Crippen molar-refractivity contribution in [2.75, 3.05) is 31.2 Å². The average molecular weight is 351 g/mol. The zero-order valence-electron chi connectivity index (χ0n) is 14.0. The molecule has 24 heavy (non-hydrogen) atoms. The molecule has 0 aromatic heterocycles. The molecule has 1 aromatic rings. The Bertz CT molecular complexity index is 718. The summed E-state index contributed by atoms with van der Waals surface area (Å²) in [4.78, 5) is 14.9. The van der Waals surface area contributed by atoms with Gasteiger partial charge in [-0.05, 0) is 55.9 Å². The van der Waals surface area contributed by atoms with Crippen molar-refractivity contribution in [1.82, 2.24) is 9.62 Å². The van der Waals surface area contributed by atoms with Crippen LogP contribution in [0.25, 0.3) is 0 Å². The molecule has 0 spiro atoms. The molecule has 0 saturated carbocycles. The lowest BCUT2D eigenvalue weighted by atomic mass is 9.97. The molecule has 132 valence electrons. The van der Waals surface area contributed by atoms with Gasteiger partial charge in [0.15, 0.2) is 0 Å². The molecule has 3 rings (SSSR count). The van der Waals surface area contributed by atoms with Gasteiger partial charge >= 0.3 is 0 Å². The molecule has 2 aliphatic heterocycles. The van der Waals surface area contributed by atoms with E-state index in [1.54, 1.807) is 0 Å². The van der Waals surface area contributed by atoms with E-state index in [1.165, 1.54) is 5.56 Å². The predicted octanol–water partition coefficient (Wildman–Crippen LogP) is 1.59. The number of benzene rings is 1. The van der Waals surface area contributed by atoms with Gasteiger partial charge in [-0.25, -0.2) is 13.1 Å². The number of amides is 1. The van der Waals surface area contributed by atoms with E-state index in [-0.39, 0.29) is 11.9 Å². The lowest BCUT2D eigenvalue weighted by Gasteiger charge is -2.36. The summed E-state index contributed by atoms with van der Waals surface area (Å²) in [6.45, 7) is 2.05. The van der Waals surface area contributed by atoms with Crippen molar-refractivity contribution in [3.63, 3.8) is 0 Å². The lowest BCUT2D eigenvalue weighted by molar-refractivity contribution is 0.0604. The number of nitrogens with one attached hydrogen (secondary N) is 2. The fourth-order valence-electron chi connectivity index (χ4n) is 3.58. The molecule has 1 atom stereocenters. The number of fused-ring (bicyclic) bond motifs is 1. The third-order valence-corrected chi connectivity index (χ3v) is 5.52. The van der Waals surface area contributed by atoms with Gasteiger partial charge in [-0.1, -0.05) is 0 Å². The maximum absolute atomic E-state index is 12.9. The lowest BCUT2D eigenvalue weighted by Crippen LogP contribution is -2.45.